The molecule has 0 saturated carbocycles. The Morgan fingerprint density at radius 1 is 0.718 bits per heavy atom. The minimum atomic E-state index is -5.81. The van der Waals surface area contributed by atoms with E-state index in [2.05, 4.69) is 81.5 Å². The van der Waals surface area contributed by atoms with Crippen molar-refractivity contribution in [2.45, 2.75) is 286 Å². The zero-order chi connectivity index (χ0) is 82.2. The number of rotatable bonds is 37. The van der Waals surface area contributed by atoms with E-state index in [9.17, 15) is 99.2 Å². The van der Waals surface area contributed by atoms with Crippen LogP contribution in [-0.4, -0.2) is 295 Å². The van der Waals surface area contributed by atoms with Crippen LogP contribution in [0, 0.1) is 5.41 Å². The molecule has 0 aromatic carbocycles. The topological polar surface area (TPSA) is 597 Å². The summed E-state index contributed by atoms with van der Waals surface area (Å²) in [4.78, 5) is 103. The molecule has 110 heavy (non-hydrogen) atoms. The molecule has 6 rings (SSSR count). The van der Waals surface area contributed by atoms with Crippen LogP contribution in [-0.2, 0) is 99.2 Å². The number of primary amides is 2. The number of Topliss-reactive ketones (excluding diaryl/α,β-unsaturated/α-hetero) is 1. The van der Waals surface area contributed by atoms with Crippen LogP contribution >= 0.6 is 7.82 Å². The van der Waals surface area contributed by atoms with E-state index >= 15 is 0 Å². The van der Waals surface area contributed by atoms with Gasteiger partial charge >= 0.3 is 19.9 Å². The largest absolute Gasteiger partial charge is 0.510 e. The van der Waals surface area contributed by atoms with Crippen molar-refractivity contribution in [3.63, 3.8) is 0 Å². The molecule has 0 spiro atoms. The van der Waals surface area contributed by atoms with E-state index in [4.69, 9.17) is 77.4 Å². The summed E-state index contributed by atoms with van der Waals surface area (Å²) in [5.74, 6) is -7.03. The van der Waals surface area contributed by atoms with E-state index in [0.717, 1.165) is 71.1 Å². The van der Waals surface area contributed by atoms with Crippen molar-refractivity contribution in [3.8, 4) is 0 Å². The van der Waals surface area contributed by atoms with Gasteiger partial charge in [0.1, 0.15) is 102 Å². The fraction of sp³-hybridized carbons (Fsp3) is 0.729. The Labute approximate surface area is 635 Å². The monoisotopic (exact) mass is 1600 g/mol. The van der Waals surface area contributed by atoms with Gasteiger partial charge in [-0.3, -0.25) is 33.0 Å². The van der Waals surface area contributed by atoms with Crippen molar-refractivity contribution in [1.82, 2.24) is 16.0 Å². The number of nitrogens with two attached hydrogens (primary N) is 2. The second-order valence-corrected chi connectivity index (χ2v) is 30.4. The number of carbonyl (C=O) groups excluding carboxylic acids is 7. The molecule has 27 atom stereocenters. The third-order valence-corrected chi connectivity index (χ3v) is 20.0. The number of phosphoric ester groups is 1. The molecule has 0 aromatic heterocycles. The van der Waals surface area contributed by atoms with Crippen LogP contribution < -0.4 is 27.4 Å². The minimum absolute atomic E-state index is 0.125. The SMILES string of the molecule is C=C(C/C=C(\C)CCC=C(C)C)CCC(C)(C)/C=C/CC/C(C)=C\CO[C@H](COP(=O)(O)O[C@H]1OC(C(N)=O)[C@@](C)(O)[C@H](OC(N)=O)C1O[C@@H]1OC(CO[C@@H]2OC(CO)[C@@H](O)[C@H](O)C2O)[C@@H](O[C@@H]2OC(C)[C@@H](O[C@@H]3OC(C(=O)NC4=C(O)CCC4=O)[C@H](O)[C@H](O)C3O)[C@H](O)C2NC(C)=O)[C@H](O)C1NC(C)=O)C(=O)OC. The molecule has 1 aliphatic carbocycles. The van der Waals surface area contributed by atoms with Gasteiger partial charge < -0.3 is 145 Å². The van der Waals surface area contributed by atoms with Gasteiger partial charge in [0, 0.05) is 26.7 Å². The van der Waals surface area contributed by atoms with Crippen molar-refractivity contribution >= 4 is 49.3 Å². The number of nitrogens with one attached hydrogen (secondary N) is 3. The standard InChI is InChI=1S/C70H110N5O34P/c1-31(2)16-15-18-32(3)19-20-34(5)23-26-69(9,10)25-14-13-17-33(4)24-27-97-42(62(91)96-12)30-99-110(94,95)109-67-57(58(108-68(72)92)70(11,93)59(107-67)60(71)89)106-64-45(74-37(8)78)48(83)55(41(102-64)29-98-65-52(87)49(84)46(81)40(28-76)101-65)104-63-44(73-36(7)77)47(82)54(35(6)100-63)103-66-53(88)50(85)51(86)56(105-66)61(90)75-43-38(79)21-22-39(43)80/h14,16,19,24-25,35,40-42,44-59,63-67,76,79,81-88,93H,5,13,15,17-18,20-23,26-30H2,1-4,6-12H3,(H2,71,89)(H2,72,92)(H,73,77)(H,74,78)(H,75,90)(H,94,95)/b25-14+,32-19+,33-24-/t35?,40?,41?,42-,44?,45?,46-,47-,48-,49+,50+,51-,52?,53?,54-,55-,56?,57?,58-,59?,63+,64+,65-,66-,67-,70+/m1/s1. The fourth-order valence-electron chi connectivity index (χ4n) is 12.8. The number of hydrogen-bond acceptors (Lipinski definition) is 33. The first-order valence-corrected chi connectivity index (χ1v) is 37.2. The fourth-order valence-corrected chi connectivity index (χ4v) is 13.6. The molecule has 5 amide bonds. The van der Waals surface area contributed by atoms with Crippen LogP contribution in [0.25, 0.3) is 0 Å². The predicted octanol–water partition coefficient (Wildman–Crippen LogP) is -1.94. The predicted molar refractivity (Wildman–Crippen MR) is 376 cm³/mol. The van der Waals surface area contributed by atoms with Crippen LogP contribution in [0.4, 0.5) is 4.79 Å². The average molecular weight is 1600 g/mol. The van der Waals surface area contributed by atoms with Gasteiger partial charge in [0.05, 0.1) is 39.6 Å². The molecule has 624 valence electrons. The van der Waals surface area contributed by atoms with Crippen molar-refractivity contribution < 1.29 is 165 Å². The first-order chi connectivity index (χ1) is 51.4. The van der Waals surface area contributed by atoms with Gasteiger partial charge in [0.15, 0.2) is 67.8 Å². The van der Waals surface area contributed by atoms with Gasteiger partial charge in [-0.2, -0.15) is 0 Å². The molecule has 5 heterocycles. The summed E-state index contributed by atoms with van der Waals surface area (Å²) in [7, 11) is -4.82. The lowest BCUT2D eigenvalue weighted by Crippen LogP contribution is -2.72. The third-order valence-electron chi connectivity index (χ3n) is 19.1. The quantitative estimate of drug-likeness (QED) is 0.0183. The molecule has 19 N–H and O–H groups in total. The van der Waals surface area contributed by atoms with Gasteiger partial charge in [0.25, 0.3) is 5.91 Å². The maximum Gasteiger partial charge on any atom is 0.474 e. The lowest BCUT2D eigenvalue weighted by molar-refractivity contribution is -0.375. The molecule has 5 saturated heterocycles. The maximum absolute atomic E-state index is 14.2. The highest BCUT2D eigenvalue weighted by molar-refractivity contribution is 7.47. The van der Waals surface area contributed by atoms with Gasteiger partial charge in [-0.05, 0) is 91.9 Å². The summed E-state index contributed by atoms with van der Waals surface area (Å²) in [5, 5.41) is 129. The van der Waals surface area contributed by atoms with Crippen LogP contribution in [0.1, 0.15) is 127 Å². The van der Waals surface area contributed by atoms with Crippen LogP contribution in [0.3, 0.4) is 0 Å². The molecule has 11 unspecified atom stereocenters. The second-order valence-electron chi connectivity index (χ2n) is 29.0. The first kappa shape index (κ1) is 92.7. The lowest BCUT2D eigenvalue weighted by atomic mass is 9.85. The molecular formula is C70H110N5O34P. The molecular weight excluding hydrogens is 1490 g/mol. The summed E-state index contributed by atoms with van der Waals surface area (Å²) in [5.41, 5.74) is 12.2. The Morgan fingerprint density at radius 3 is 1.89 bits per heavy atom. The Bertz CT molecular complexity index is 3380. The molecule has 40 heteroatoms. The second kappa shape index (κ2) is 41.2. The van der Waals surface area contributed by atoms with E-state index in [1.807, 2.05) is 6.92 Å². The Morgan fingerprint density at radius 2 is 1.30 bits per heavy atom. The molecule has 0 bridgehead atoms. The van der Waals surface area contributed by atoms with Gasteiger partial charge in [-0.15, -0.1) is 0 Å². The number of carbonyl (C=O) groups is 7. The van der Waals surface area contributed by atoms with Crippen LogP contribution in [0.2, 0.25) is 0 Å². The van der Waals surface area contributed by atoms with Gasteiger partial charge in [0.2, 0.25) is 17.7 Å². The van der Waals surface area contributed by atoms with Crippen molar-refractivity contribution in [3.05, 3.63) is 70.7 Å². The Hall–Kier alpha value is -6.16. The highest BCUT2D eigenvalue weighted by atomic mass is 31.2. The van der Waals surface area contributed by atoms with E-state index in [0.29, 0.717) is 12.8 Å². The molecule has 0 aromatic rings. The Balaban J connectivity index is 1.26. The zero-order valence-electron chi connectivity index (χ0n) is 63.2. The van der Waals surface area contributed by atoms with Gasteiger partial charge in [-0.25, -0.2) is 14.2 Å². The van der Waals surface area contributed by atoms with E-state index < -0.39 is 240 Å². The van der Waals surface area contributed by atoms with Crippen molar-refractivity contribution in [2.24, 2.45) is 16.9 Å². The third kappa shape index (κ3) is 25.4. The number of amides is 5. The number of phosphoric acid groups is 1. The number of ether oxygens (including phenoxy) is 12. The number of esters is 1. The van der Waals surface area contributed by atoms with E-state index in [-0.39, 0.29) is 24.9 Å². The molecule has 0 radical (unpaired) electrons. The highest BCUT2D eigenvalue weighted by Crippen LogP contribution is 2.49. The molecule has 5 aliphatic heterocycles. The summed E-state index contributed by atoms with van der Waals surface area (Å²) in [6.45, 7) is 17.2. The summed E-state index contributed by atoms with van der Waals surface area (Å²) < 4.78 is 94.6. The molecule has 6 aliphatic rings. The average Bonchev–Trinajstić information content (AvgIpc) is 0.959. The maximum atomic E-state index is 14.2. The van der Waals surface area contributed by atoms with E-state index in [1.165, 1.54) is 18.1 Å². The number of methoxy groups -OCH3 is 1. The first-order valence-electron chi connectivity index (χ1n) is 35.8. The summed E-state index contributed by atoms with van der Waals surface area (Å²) >= 11 is 0. The number of hydrogen-bond donors (Lipinski definition) is 17. The van der Waals surface area contributed by atoms with Crippen molar-refractivity contribution in [2.75, 3.05) is 33.5 Å². The Kier molecular flexibility index (Phi) is 34.7. The number of aliphatic hydroxyl groups excluding tert-OH is 10. The molecule has 5 fully saturated rings. The normalized spacial score (nSPS) is 35.4. The summed E-state index contributed by atoms with van der Waals surface area (Å²) in [6, 6.07) is -3.98. The zero-order valence-corrected chi connectivity index (χ0v) is 64.1. The smallest absolute Gasteiger partial charge is 0.474 e. The van der Waals surface area contributed by atoms with E-state index in [1.54, 1.807) is 6.08 Å². The van der Waals surface area contributed by atoms with Crippen molar-refractivity contribution in [1.29, 1.82) is 0 Å². The van der Waals surface area contributed by atoms with Crippen LogP contribution in [0.5, 0.6) is 0 Å². The minimum Gasteiger partial charge on any atom is -0.510 e. The van der Waals surface area contributed by atoms with Crippen LogP contribution in [0.15, 0.2) is 70.7 Å². The number of allylic oxidation sites excluding steroid dienone is 10. The number of aliphatic hydroxyl groups is 11. The highest BCUT2D eigenvalue weighted by Gasteiger charge is 2.62. The number of ketones is 1. The summed E-state index contributed by atoms with van der Waals surface area (Å²) in [6.07, 6.45) is -34.7. The lowest BCUT2D eigenvalue weighted by Gasteiger charge is -2.52. The van der Waals surface area contributed by atoms with Gasteiger partial charge in [-0.1, -0.05) is 73.1 Å². The molecule has 39 nitrogen and oxygen atoms in total.